The number of anilines is 2. The van der Waals surface area contributed by atoms with E-state index in [1.165, 1.54) is 7.11 Å². The molecule has 1 heterocycles. The molecule has 144 valence electrons. The van der Waals surface area contributed by atoms with Crippen molar-refractivity contribution in [3.05, 3.63) is 77.2 Å². The molecule has 0 fully saturated rings. The Balaban J connectivity index is 1.87. The number of nitrogens with one attached hydrogen (secondary N) is 1. The molecule has 1 aliphatic carbocycles. The van der Waals surface area contributed by atoms with Crippen LogP contribution in [0.3, 0.4) is 0 Å². The number of aromatic nitrogens is 1. The number of nitrogen functional groups attached to an aromatic ring is 1. The predicted octanol–water partition coefficient (Wildman–Crippen LogP) is 3.69. The Morgan fingerprint density at radius 2 is 1.96 bits per heavy atom. The van der Waals surface area contributed by atoms with Crippen molar-refractivity contribution in [3.8, 4) is 0 Å². The molecule has 0 atom stereocenters. The second kappa shape index (κ2) is 8.00. The van der Waals surface area contributed by atoms with Crippen molar-refractivity contribution >= 4 is 28.8 Å². The third-order valence-electron chi connectivity index (χ3n) is 4.68. The van der Waals surface area contributed by atoms with Crippen molar-refractivity contribution in [2.24, 2.45) is 7.05 Å². The smallest absolute Gasteiger partial charge is 0.354 e. The van der Waals surface area contributed by atoms with Crippen LogP contribution in [0.1, 0.15) is 29.4 Å². The monoisotopic (exact) mass is 377 g/mol. The van der Waals surface area contributed by atoms with Crippen molar-refractivity contribution in [1.82, 2.24) is 4.57 Å². The van der Waals surface area contributed by atoms with E-state index < -0.39 is 5.97 Å². The van der Waals surface area contributed by atoms with E-state index in [-0.39, 0.29) is 5.91 Å². The van der Waals surface area contributed by atoms with Crippen LogP contribution in [-0.4, -0.2) is 23.6 Å². The molecule has 0 radical (unpaired) electrons. The molecule has 1 aliphatic rings. The molecule has 3 N–H and O–H groups in total. The summed E-state index contributed by atoms with van der Waals surface area (Å²) in [5, 5.41) is 2.87. The van der Waals surface area contributed by atoms with E-state index in [1.807, 2.05) is 43.3 Å². The zero-order valence-corrected chi connectivity index (χ0v) is 16.2. The Morgan fingerprint density at radius 1 is 1.25 bits per heavy atom. The van der Waals surface area contributed by atoms with Crippen LogP contribution in [0.5, 0.6) is 0 Å². The normalized spacial score (nSPS) is 15.0. The second-order valence-corrected chi connectivity index (χ2v) is 6.53. The summed E-state index contributed by atoms with van der Waals surface area (Å²) in [6.45, 7) is 1.91. The minimum Gasteiger partial charge on any atom is -0.464 e. The van der Waals surface area contributed by atoms with Gasteiger partial charge in [0, 0.05) is 24.5 Å². The summed E-state index contributed by atoms with van der Waals surface area (Å²) in [7, 11) is 3.05. The number of carbonyl (C=O) groups excluding carboxylic acids is 2. The van der Waals surface area contributed by atoms with Gasteiger partial charge in [-0.05, 0) is 54.3 Å². The Bertz CT molecular complexity index is 1010. The number of allylic oxidation sites excluding steroid dienone is 4. The van der Waals surface area contributed by atoms with Gasteiger partial charge in [0.05, 0.1) is 12.8 Å². The molecule has 28 heavy (non-hydrogen) atoms. The molecule has 2 aromatic rings. The standard InChI is InChI=1S/C22H23N3O3/c1-4-14-5-6-16(15-7-9-17(23)10-8-15)11-19(14)21(26)24-18-12-20(22(27)28-3)25(2)13-18/h4,6-13H,5,23H2,1-3H3,(H,24,26). The summed E-state index contributed by atoms with van der Waals surface area (Å²) in [6.07, 6.45) is 8.25. The van der Waals surface area contributed by atoms with Gasteiger partial charge in [0.25, 0.3) is 5.91 Å². The average Bonchev–Trinajstić information content (AvgIpc) is 3.07. The molecule has 1 aromatic heterocycles. The fourth-order valence-electron chi connectivity index (χ4n) is 3.14. The molecule has 6 nitrogen and oxygen atoms in total. The van der Waals surface area contributed by atoms with Gasteiger partial charge in [0.15, 0.2) is 0 Å². The number of carbonyl (C=O) groups is 2. The van der Waals surface area contributed by atoms with Crippen molar-refractivity contribution in [2.75, 3.05) is 18.2 Å². The van der Waals surface area contributed by atoms with E-state index in [0.717, 1.165) is 16.7 Å². The van der Waals surface area contributed by atoms with Gasteiger partial charge in [-0.15, -0.1) is 0 Å². The number of methoxy groups -OCH3 is 1. The molecule has 0 bridgehead atoms. The number of nitrogens with zero attached hydrogens (tertiary/aromatic N) is 1. The lowest BCUT2D eigenvalue weighted by molar-refractivity contribution is -0.112. The van der Waals surface area contributed by atoms with Crippen LogP contribution in [0.2, 0.25) is 0 Å². The van der Waals surface area contributed by atoms with Gasteiger partial charge >= 0.3 is 5.97 Å². The number of hydrogen-bond acceptors (Lipinski definition) is 4. The summed E-state index contributed by atoms with van der Waals surface area (Å²) in [4.78, 5) is 24.7. The maximum atomic E-state index is 12.9. The Kier molecular flexibility index (Phi) is 5.49. The number of benzene rings is 1. The van der Waals surface area contributed by atoms with Crippen LogP contribution in [0.15, 0.2) is 65.9 Å². The molecule has 0 saturated heterocycles. The number of rotatable bonds is 4. The molecule has 0 aliphatic heterocycles. The molecule has 6 heteroatoms. The third kappa shape index (κ3) is 3.91. The topological polar surface area (TPSA) is 86.3 Å². The summed E-state index contributed by atoms with van der Waals surface area (Å²) in [6, 6.07) is 9.15. The van der Waals surface area contributed by atoms with Crippen LogP contribution in [0.25, 0.3) is 5.57 Å². The highest BCUT2D eigenvalue weighted by atomic mass is 16.5. The van der Waals surface area contributed by atoms with Gasteiger partial charge in [0.1, 0.15) is 5.69 Å². The quantitative estimate of drug-likeness (QED) is 0.628. The molecule has 0 spiro atoms. The number of hydrogen-bond donors (Lipinski definition) is 2. The average molecular weight is 377 g/mol. The third-order valence-corrected chi connectivity index (χ3v) is 4.68. The fraction of sp³-hybridized carbons (Fsp3) is 0.182. The minimum atomic E-state index is -0.456. The van der Waals surface area contributed by atoms with Crippen LogP contribution in [0, 0.1) is 0 Å². The summed E-state index contributed by atoms with van der Waals surface area (Å²) in [5.74, 6) is -0.682. The van der Waals surface area contributed by atoms with Gasteiger partial charge in [-0.25, -0.2) is 4.79 Å². The lowest BCUT2D eigenvalue weighted by atomic mass is 9.90. The second-order valence-electron chi connectivity index (χ2n) is 6.53. The van der Waals surface area contributed by atoms with E-state index in [9.17, 15) is 9.59 Å². The van der Waals surface area contributed by atoms with Gasteiger partial charge in [-0.2, -0.15) is 0 Å². The van der Waals surface area contributed by atoms with Gasteiger partial charge in [-0.3, -0.25) is 4.79 Å². The number of aryl methyl sites for hydroxylation is 1. The maximum absolute atomic E-state index is 12.9. The van der Waals surface area contributed by atoms with Crippen molar-refractivity contribution < 1.29 is 14.3 Å². The summed E-state index contributed by atoms with van der Waals surface area (Å²) in [5.41, 5.74) is 10.9. The van der Waals surface area contributed by atoms with E-state index in [1.54, 1.807) is 23.9 Å². The van der Waals surface area contributed by atoms with E-state index >= 15 is 0 Å². The number of ether oxygens (including phenoxy) is 1. The SMILES string of the molecule is CC=C1CC=C(c2ccc(N)cc2)C=C1C(=O)Nc1cc(C(=O)OC)n(C)c1. The van der Waals surface area contributed by atoms with Gasteiger partial charge < -0.3 is 20.4 Å². The largest absolute Gasteiger partial charge is 0.464 e. The molecule has 0 saturated carbocycles. The van der Waals surface area contributed by atoms with E-state index in [4.69, 9.17) is 10.5 Å². The first-order valence-corrected chi connectivity index (χ1v) is 8.92. The summed E-state index contributed by atoms with van der Waals surface area (Å²) < 4.78 is 6.37. The molecule has 1 amide bonds. The maximum Gasteiger partial charge on any atom is 0.354 e. The first kappa shape index (κ1) is 19.2. The molecular formula is C22H23N3O3. The molecule has 3 rings (SSSR count). The predicted molar refractivity (Wildman–Crippen MR) is 111 cm³/mol. The van der Waals surface area contributed by atoms with E-state index in [2.05, 4.69) is 11.4 Å². The Hall–Kier alpha value is -3.54. The lowest BCUT2D eigenvalue weighted by Gasteiger charge is -2.17. The Morgan fingerprint density at radius 3 is 2.61 bits per heavy atom. The minimum absolute atomic E-state index is 0.226. The first-order chi connectivity index (χ1) is 13.4. The van der Waals surface area contributed by atoms with Crippen LogP contribution < -0.4 is 11.1 Å². The van der Waals surface area contributed by atoms with Crippen molar-refractivity contribution in [1.29, 1.82) is 0 Å². The van der Waals surface area contributed by atoms with Crippen LogP contribution >= 0.6 is 0 Å². The highest BCUT2D eigenvalue weighted by Crippen LogP contribution is 2.30. The van der Waals surface area contributed by atoms with Gasteiger partial charge in [-0.1, -0.05) is 24.3 Å². The van der Waals surface area contributed by atoms with Crippen LogP contribution in [-0.2, 0) is 16.6 Å². The van der Waals surface area contributed by atoms with Crippen LogP contribution in [0.4, 0.5) is 11.4 Å². The zero-order valence-electron chi connectivity index (χ0n) is 16.2. The van der Waals surface area contributed by atoms with E-state index in [0.29, 0.717) is 29.1 Å². The highest BCUT2D eigenvalue weighted by molar-refractivity contribution is 6.09. The zero-order chi connectivity index (χ0) is 20.3. The fourth-order valence-corrected chi connectivity index (χ4v) is 3.14. The molecule has 1 aromatic carbocycles. The molecule has 0 unspecified atom stereocenters. The highest BCUT2D eigenvalue weighted by Gasteiger charge is 2.20. The Labute approximate surface area is 164 Å². The first-order valence-electron chi connectivity index (χ1n) is 8.92. The summed E-state index contributed by atoms with van der Waals surface area (Å²) >= 11 is 0. The van der Waals surface area contributed by atoms with Crippen molar-refractivity contribution in [3.63, 3.8) is 0 Å². The number of esters is 1. The van der Waals surface area contributed by atoms with Crippen molar-refractivity contribution in [2.45, 2.75) is 13.3 Å². The lowest BCUT2D eigenvalue weighted by Crippen LogP contribution is -2.17. The molecular weight excluding hydrogens is 354 g/mol. The number of amides is 1. The van der Waals surface area contributed by atoms with Gasteiger partial charge in [0.2, 0.25) is 0 Å². The number of nitrogens with two attached hydrogens (primary N) is 1.